The zero-order valence-corrected chi connectivity index (χ0v) is 10.2. The summed E-state index contributed by atoms with van der Waals surface area (Å²) in [4.78, 5) is 12.8. The molecule has 3 aromatic rings. The van der Waals surface area contributed by atoms with E-state index in [0.717, 1.165) is 15.2 Å². The van der Waals surface area contributed by atoms with Crippen LogP contribution in [-0.4, -0.2) is 15.5 Å². The van der Waals surface area contributed by atoms with Crippen LogP contribution in [0.2, 0.25) is 0 Å². The molecule has 3 rings (SSSR count). The molecular weight excluding hydrogens is 254 g/mol. The highest BCUT2D eigenvalue weighted by atomic mass is 32.1. The molecule has 0 unspecified atom stereocenters. The first-order chi connectivity index (χ1) is 8.34. The van der Waals surface area contributed by atoms with Crippen molar-refractivity contribution in [3.05, 3.63) is 41.3 Å². The molecule has 2 heterocycles. The lowest BCUT2D eigenvalue weighted by Gasteiger charge is -2.02. The van der Waals surface area contributed by atoms with Gasteiger partial charge >= 0.3 is 0 Å². The van der Waals surface area contributed by atoms with E-state index >= 15 is 0 Å². The van der Waals surface area contributed by atoms with Gasteiger partial charge in [0.05, 0.1) is 10.3 Å². The summed E-state index contributed by atoms with van der Waals surface area (Å²) in [6.45, 7) is 0. The number of carbonyl (C=O) groups excluding carboxylic acids is 1. The molecule has 0 aliphatic rings. The van der Waals surface area contributed by atoms with Crippen molar-refractivity contribution in [2.24, 2.45) is 0 Å². The van der Waals surface area contributed by atoms with E-state index in [4.69, 9.17) is 0 Å². The van der Waals surface area contributed by atoms with E-state index < -0.39 is 0 Å². The van der Waals surface area contributed by atoms with E-state index in [0.29, 0.717) is 5.56 Å². The topological polar surface area (TPSA) is 54.9 Å². The van der Waals surface area contributed by atoms with Crippen LogP contribution in [0, 0.1) is 0 Å². The first kappa shape index (κ1) is 10.4. The lowest BCUT2D eigenvalue weighted by molar-refractivity contribution is 0.102. The zero-order chi connectivity index (χ0) is 11.7. The number of rotatable bonds is 2. The van der Waals surface area contributed by atoms with Crippen LogP contribution in [0.15, 0.2) is 35.7 Å². The SMILES string of the molecule is O=C(Nc1ccccc1)c1csc2nnsc12. The summed E-state index contributed by atoms with van der Waals surface area (Å²) in [5.74, 6) is -0.117. The van der Waals surface area contributed by atoms with Crippen LogP contribution < -0.4 is 5.32 Å². The van der Waals surface area contributed by atoms with Gasteiger partial charge in [0.15, 0.2) is 4.83 Å². The summed E-state index contributed by atoms with van der Waals surface area (Å²) >= 11 is 2.68. The number of amides is 1. The predicted molar refractivity (Wildman–Crippen MR) is 69.7 cm³/mol. The number of thiophene rings is 1. The van der Waals surface area contributed by atoms with Crippen LogP contribution in [0.4, 0.5) is 5.69 Å². The van der Waals surface area contributed by atoms with E-state index in [1.807, 2.05) is 35.7 Å². The number of carbonyl (C=O) groups is 1. The second-order valence-corrected chi connectivity index (χ2v) is 4.99. The predicted octanol–water partition coefficient (Wildman–Crippen LogP) is 3.01. The summed E-state index contributed by atoms with van der Waals surface area (Å²) in [7, 11) is 0. The Morgan fingerprint density at radius 1 is 1.24 bits per heavy atom. The van der Waals surface area contributed by atoms with E-state index in [-0.39, 0.29) is 5.91 Å². The summed E-state index contributed by atoms with van der Waals surface area (Å²) in [5, 5.41) is 8.59. The Labute approximate surface area is 105 Å². The van der Waals surface area contributed by atoms with Gasteiger partial charge in [0, 0.05) is 11.1 Å². The van der Waals surface area contributed by atoms with Crippen LogP contribution in [0.1, 0.15) is 10.4 Å². The largest absolute Gasteiger partial charge is 0.322 e. The molecule has 0 atom stereocenters. The first-order valence-electron chi connectivity index (χ1n) is 4.90. The fraction of sp³-hybridized carbons (Fsp3) is 0. The van der Waals surface area contributed by atoms with Crippen molar-refractivity contribution >= 4 is 44.0 Å². The Bertz CT molecular complexity index is 659. The van der Waals surface area contributed by atoms with E-state index in [1.165, 1.54) is 22.9 Å². The molecule has 17 heavy (non-hydrogen) atoms. The van der Waals surface area contributed by atoms with Crippen molar-refractivity contribution in [3.63, 3.8) is 0 Å². The van der Waals surface area contributed by atoms with Gasteiger partial charge in [-0.25, -0.2) is 0 Å². The van der Waals surface area contributed by atoms with Crippen LogP contribution in [0.25, 0.3) is 9.53 Å². The maximum absolute atomic E-state index is 12.0. The van der Waals surface area contributed by atoms with E-state index in [9.17, 15) is 4.79 Å². The quantitative estimate of drug-likeness (QED) is 0.771. The second-order valence-electron chi connectivity index (χ2n) is 3.38. The Hall–Kier alpha value is -1.79. The Morgan fingerprint density at radius 2 is 2.06 bits per heavy atom. The monoisotopic (exact) mass is 261 g/mol. The fourth-order valence-electron chi connectivity index (χ4n) is 1.47. The molecule has 0 bridgehead atoms. The summed E-state index contributed by atoms with van der Waals surface area (Å²) in [6, 6.07) is 9.38. The second kappa shape index (κ2) is 4.23. The number of hydrogen-bond donors (Lipinski definition) is 1. The Balaban J connectivity index is 1.91. The molecule has 1 amide bonds. The highest BCUT2D eigenvalue weighted by molar-refractivity contribution is 7.24. The van der Waals surface area contributed by atoms with Crippen LogP contribution in [0.5, 0.6) is 0 Å². The van der Waals surface area contributed by atoms with Crippen LogP contribution in [-0.2, 0) is 0 Å². The molecule has 1 aromatic carbocycles. The maximum atomic E-state index is 12.0. The van der Waals surface area contributed by atoms with Crippen molar-refractivity contribution in [1.29, 1.82) is 0 Å². The van der Waals surface area contributed by atoms with Crippen LogP contribution in [0.3, 0.4) is 0 Å². The van der Waals surface area contributed by atoms with Crippen molar-refractivity contribution in [2.75, 3.05) is 5.32 Å². The minimum Gasteiger partial charge on any atom is -0.322 e. The maximum Gasteiger partial charge on any atom is 0.258 e. The molecule has 0 fully saturated rings. The molecule has 4 nitrogen and oxygen atoms in total. The third-order valence-electron chi connectivity index (χ3n) is 2.27. The van der Waals surface area contributed by atoms with Crippen LogP contribution >= 0.6 is 22.9 Å². The smallest absolute Gasteiger partial charge is 0.258 e. The van der Waals surface area contributed by atoms with Gasteiger partial charge in [0.2, 0.25) is 0 Å². The van der Waals surface area contributed by atoms with Gasteiger partial charge in [-0.3, -0.25) is 4.79 Å². The van der Waals surface area contributed by atoms with Gasteiger partial charge in [-0.15, -0.1) is 16.4 Å². The fourth-order valence-corrected chi connectivity index (χ4v) is 3.18. The highest BCUT2D eigenvalue weighted by Crippen LogP contribution is 2.27. The number of nitrogens with zero attached hydrogens (tertiary/aromatic N) is 2. The summed E-state index contributed by atoms with van der Waals surface area (Å²) in [6.07, 6.45) is 0. The molecule has 0 aliphatic heterocycles. The van der Waals surface area contributed by atoms with E-state index in [2.05, 4.69) is 14.9 Å². The summed E-state index contributed by atoms with van der Waals surface area (Å²) in [5.41, 5.74) is 1.43. The Morgan fingerprint density at radius 3 is 2.88 bits per heavy atom. The van der Waals surface area contributed by atoms with Crippen molar-refractivity contribution < 1.29 is 4.79 Å². The van der Waals surface area contributed by atoms with Gasteiger partial charge in [0.1, 0.15) is 0 Å². The van der Waals surface area contributed by atoms with Gasteiger partial charge in [0.25, 0.3) is 5.91 Å². The van der Waals surface area contributed by atoms with Gasteiger partial charge in [-0.05, 0) is 23.7 Å². The summed E-state index contributed by atoms with van der Waals surface area (Å²) < 4.78 is 4.68. The molecule has 0 spiro atoms. The lowest BCUT2D eigenvalue weighted by atomic mass is 10.3. The lowest BCUT2D eigenvalue weighted by Crippen LogP contribution is -2.10. The average Bonchev–Trinajstić information content (AvgIpc) is 2.91. The molecule has 6 heteroatoms. The van der Waals surface area contributed by atoms with Gasteiger partial charge < -0.3 is 5.32 Å². The van der Waals surface area contributed by atoms with Crippen molar-refractivity contribution in [2.45, 2.75) is 0 Å². The minimum atomic E-state index is -0.117. The molecule has 0 saturated heterocycles. The van der Waals surface area contributed by atoms with E-state index in [1.54, 1.807) is 0 Å². The standard InChI is InChI=1S/C11H7N3OS2/c15-10(12-7-4-2-1-3-5-7)8-6-16-11-9(8)17-14-13-11/h1-6H,(H,12,15). The number of anilines is 1. The number of aromatic nitrogens is 2. The average molecular weight is 261 g/mol. The normalized spacial score (nSPS) is 10.6. The molecule has 2 aromatic heterocycles. The molecule has 84 valence electrons. The molecule has 1 N–H and O–H groups in total. The number of fused-ring (bicyclic) bond motifs is 1. The molecule has 0 saturated carbocycles. The molecular formula is C11H7N3OS2. The third kappa shape index (κ3) is 1.92. The molecule has 0 radical (unpaired) electrons. The number of hydrogen-bond acceptors (Lipinski definition) is 5. The minimum absolute atomic E-state index is 0.117. The zero-order valence-electron chi connectivity index (χ0n) is 8.58. The van der Waals surface area contributed by atoms with Crippen molar-refractivity contribution in [3.8, 4) is 0 Å². The molecule has 0 aliphatic carbocycles. The number of para-hydroxylation sites is 1. The Kier molecular flexibility index (Phi) is 2.58. The third-order valence-corrected chi connectivity index (χ3v) is 4.02. The number of nitrogens with one attached hydrogen (secondary N) is 1. The van der Waals surface area contributed by atoms with Gasteiger partial charge in [-0.1, -0.05) is 22.7 Å². The van der Waals surface area contributed by atoms with Gasteiger partial charge in [-0.2, -0.15) is 0 Å². The van der Waals surface area contributed by atoms with Crippen molar-refractivity contribution in [1.82, 2.24) is 9.59 Å². The highest BCUT2D eigenvalue weighted by Gasteiger charge is 2.14. The first-order valence-corrected chi connectivity index (χ1v) is 6.56. The number of benzene rings is 1.